The lowest BCUT2D eigenvalue weighted by molar-refractivity contribution is -0.0731. The minimum Gasteiger partial charge on any atom is -0.497 e. The summed E-state index contributed by atoms with van der Waals surface area (Å²) in [5.41, 5.74) is 2.58. The molecule has 8 rings (SSSR count). The number of methoxy groups -OCH3 is 1. The van der Waals surface area contributed by atoms with Crippen LogP contribution in [0.3, 0.4) is 0 Å². The van der Waals surface area contributed by atoms with Gasteiger partial charge in [-0.1, -0.05) is 79.2 Å². The SMILES string of the molecule is COc1ccc(C(=O)c2cc3ccc2C2CCC(O)(CN(Cc4cccc5ccccc45)S(=O)(=O)c4cccs4)C2(C)CCC=C(C)CCC(O)C3)cc1. The highest BCUT2D eigenvalue weighted by atomic mass is 32.2. The molecule has 5 aromatic rings. The van der Waals surface area contributed by atoms with Crippen LogP contribution in [0.15, 0.2) is 118 Å². The summed E-state index contributed by atoms with van der Waals surface area (Å²) in [4.78, 5) is 14.5. The fourth-order valence-electron chi connectivity index (χ4n) is 8.77. The maximum absolute atomic E-state index is 14.6. The van der Waals surface area contributed by atoms with Gasteiger partial charge in [-0.25, -0.2) is 8.42 Å². The Labute approximate surface area is 323 Å². The molecule has 4 aromatic carbocycles. The number of allylic oxidation sites excluding steroid dienone is 2. The third-order valence-corrected chi connectivity index (χ3v) is 15.2. The van der Waals surface area contributed by atoms with Gasteiger partial charge in [0.15, 0.2) is 5.78 Å². The first-order chi connectivity index (χ1) is 25.9. The molecule has 9 heteroatoms. The number of rotatable bonds is 9. The predicted octanol–water partition coefficient (Wildman–Crippen LogP) is 9.07. The van der Waals surface area contributed by atoms with Gasteiger partial charge in [-0.3, -0.25) is 4.79 Å². The second-order valence-corrected chi connectivity index (χ2v) is 18.5. The summed E-state index contributed by atoms with van der Waals surface area (Å²) >= 11 is 1.18. The molecule has 1 fully saturated rings. The number of sulfonamides is 1. The van der Waals surface area contributed by atoms with Gasteiger partial charge >= 0.3 is 0 Å². The highest BCUT2D eigenvalue weighted by Crippen LogP contribution is 2.59. The van der Waals surface area contributed by atoms with E-state index < -0.39 is 27.1 Å². The van der Waals surface area contributed by atoms with Crippen molar-refractivity contribution in [3.63, 3.8) is 0 Å². The molecule has 4 unspecified atom stereocenters. The van der Waals surface area contributed by atoms with Crippen molar-refractivity contribution in [3.05, 3.63) is 142 Å². The molecule has 0 radical (unpaired) electrons. The number of aliphatic hydroxyl groups is 2. The van der Waals surface area contributed by atoms with Crippen LogP contribution in [0.5, 0.6) is 5.75 Å². The number of ketones is 1. The molecule has 3 aliphatic rings. The normalized spacial score (nSPS) is 23.6. The van der Waals surface area contributed by atoms with Gasteiger partial charge in [-0.2, -0.15) is 4.31 Å². The highest BCUT2D eigenvalue weighted by molar-refractivity contribution is 7.91. The van der Waals surface area contributed by atoms with Gasteiger partial charge in [0, 0.05) is 29.6 Å². The third kappa shape index (κ3) is 7.45. The molecule has 0 spiro atoms. The average molecular weight is 764 g/mol. The zero-order valence-electron chi connectivity index (χ0n) is 31.2. The molecule has 4 atom stereocenters. The molecule has 0 saturated heterocycles. The lowest BCUT2D eigenvalue weighted by Crippen LogP contribution is -2.53. The Kier molecular flexibility index (Phi) is 11.0. The van der Waals surface area contributed by atoms with E-state index in [1.807, 2.05) is 60.7 Å². The smallest absolute Gasteiger partial charge is 0.252 e. The highest BCUT2D eigenvalue weighted by Gasteiger charge is 2.58. The van der Waals surface area contributed by atoms with Gasteiger partial charge in [-0.05, 0) is 127 Å². The Bertz CT molecular complexity index is 2260. The first-order valence-electron chi connectivity index (χ1n) is 18.8. The van der Waals surface area contributed by atoms with Crippen LogP contribution in [0.25, 0.3) is 10.8 Å². The minimum atomic E-state index is -4.00. The summed E-state index contributed by atoms with van der Waals surface area (Å²) in [6.07, 6.45) is 5.57. The van der Waals surface area contributed by atoms with Crippen molar-refractivity contribution in [3.8, 4) is 5.75 Å². The van der Waals surface area contributed by atoms with Crippen LogP contribution < -0.4 is 4.74 Å². The number of carbonyl (C=O) groups is 1. The van der Waals surface area contributed by atoms with Gasteiger partial charge in [0.1, 0.15) is 9.96 Å². The van der Waals surface area contributed by atoms with Crippen molar-refractivity contribution in [2.24, 2.45) is 5.41 Å². The number of nitrogens with zero attached hydrogens (tertiary/aromatic N) is 1. The molecule has 1 saturated carbocycles. The summed E-state index contributed by atoms with van der Waals surface area (Å²) in [5, 5.41) is 27.9. The number of benzene rings is 4. The molecule has 2 bridgehead atoms. The molecule has 0 aliphatic heterocycles. The molecule has 7 nitrogen and oxygen atoms in total. The van der Waals surface area contributed by atoms with Gasteiger partial charge < -0.3 is 14.9 Å². The number of ether oxygens (including phenoxy) is 1. The summed E-state index contributed by atoms with van der Waals surface area (Å²) in [7, 11) is -2.41. The number of thiophene rings is 1. The van der Waals surface area contributed by atoms with Crippen LogP contribution >= 0.6 is 11.3 Å². The number of hydrogen-bond acceptors (Lipinski definition) is 7. The standard InChI is InChI=1S/C45H49NO6S2/c1-31-9-7-24-44(2)41(39-22-16-32(27-36(47)19-15-31)28-40(39)43(48)34-17-20-37(52-3)21-18-34)23-25-45(44,49)30-46(54(50,51)42-14-8-26-53-42)29-35-12-6-11-33-10-4-5-13-38(33)35/h4-6,8-14,16-18,20-22,26,28,36,41,47,49H,7,15,19,23-25,27,29-30H2,1-3H3. The molecule has 282 valence electrons. The summed E-state index contributed by atoms with van der Waals surface area (Å²) in [6.45, 7) is 4.17. The van der Waals surface area contributed by atoms with E-state index in [0.717, 1.165) is 33.9 Å². The largest absolute Gasteiger partial charge is 0.497 e. The van der Waals surface area contributed by atoms with Crippen molar-refractivity contribution in [1.82, 2.24) is 4.31 Å². The fourth-order valence-corrected chi connectivity index (χ4v) is 11.4. The van der Waals surface area contributed by atoms with E-state index >= 15 is 0 Å². The van der Waals surface area contributed by atoms with Crippen molar-refractivity contribution in [2.45, 2.75) is 87.2 Å². The predicted molar refractivity (Wildman–Crippen MR) is 216 cm³/mol. The van der Waals surface area contributed by atoms with Crippen LogP contribution in [-0.4, -0.2) is 54.1 Å². The Morgan fingerprint density at radius 1 is 0.963 bits per heavy atom. The van der Waals surface area contributed by atoms with E-state index in [9.17, 15) is 23.4 Å². The van der Waals surface area contributed by atoms with E-state index in [1.165, 1.54) is 21.2 Å². The zero-order valence-corrected chi connectivity index (χ0v) is 32.8. The minimum absolute atomic E-state index is 0.0990. The lowest BCUT2D eigenvalue weighted by Gasteiger charge is -2.46. The maximum Gasteiger partial charge on any atom is 0.252 e. The Morgan fingerprint density at radius 3 is 2.50 bits per heavy atom. The fraction of sp³-hybridized carbons (Fsp3) is 0.356. The van der Waals surface area contributed by atoms with Crippen molar-refractivity contribution >= 4 is 37.9 Å². The average Bonchev–Trinajstić information content (AvgIpc) is 3.81. The first-order valence-corrected chi connectivity index (χ1v) is 21.1. The second kappa shape index (κ2) is 15.6. The van der Waals surface area contributed by atoms with Crippen molar-refractivity contribution < 1.29 is 28.2 Å². The monoisotopic (exact) mass is 763 g/mol. The number of hydrogen-bond donors (Lipinski definition) is 2. The van der Waals surface area contributed by atoms with E-state index in [2.05, 4.69) is 19.9 Å². The Balaban J connectivity index is 1.34. The van der Waals surface area contributed by atoms with Gasteiger partial charge in [0.2, 0.25) is 0 Å². The molecule has 3 aliphatic carbocycles. The molecule has 0 amide bonds. The molecule has 1 heterocycles. The summed E-state index contributed by atoms with van der Waals surface area (Å²) in [5.74, 6) is 0.266. The molecule has 1 aromatic heterocycles. The van der Waals surface area contributed by atoms with Gasteiger partial charge in [0.25, 0.3) is 10.0 Å². The summed E-state index contributed by atoms with van der Waals surface area (Å²) in [6, 6.07) is 30.3. The van der Waals surface area contributed by atoms with Crippen LogP contribution in [0.1, 0.15) is 90.9 Å². The van der Waals surface area contributed by atoms with Gasteiger partial charge in [-0.15, -0.1) is 11.3 Å². The zero-order chi connectivity index (χ0) is 38.1. The van der Waals surface area contributed by atoms with Crippen LogP contribution in [-0.2, 0) is 23.0 Å². The maximum atomic E-state index is 14.6. The van der Waals surface area contributed by atoms with Crippen LogP contribution in [0, 0.1) is 5.41 Å². The van der Waals surface area contributed by atoms with E-state index in [-0.39, 0.29) is 29.0 Å². The number of fused-ring (bicyclic) bond motifs is 9. The van der Waals surface area contributed by atoms with E-state index in [4.69, 9.17) is 4.74 Å². The van der Waals surface area contributed by atoms with Crippen molar-refractivity contribution in [2.75, 3.05) is 13.7 Å². The van der Waals surface area contributed by atoms with Crippen LogP contribution in [0.4, 0.5) is 0 Å². The molecule has 54 heavy (non-hydrogen) atoms. The number of carbonyl (C=O) groups excluding carboxylic acids is 1. The quantitative estimate of drug-likeness (QED) is 0.115. The third-order valence-electron chi connectivity index (χ3n) is 12.0. The van der Waals surface area contributed by atoms with E-state index in [0.29, 0.717) is 55.4 Å². The topological polar surface area (TPSA) is 104 Å². The van der Waals surface area contributed by atoms with Gasteiger partial charge in [0.05, 0.1) is 18.8 Å². The molecule has 2 N–H and O–H groups in total. The summed E-state index contributed by atoms with van der Waals surface area (Å²) < 4.78 is 36.2. The first kappa shape index (κ1) is 38.2. The van der Waals surface area contributed by atoms with E-state index in [1.54, 1.807) is 48.9 Å². The Morgan fingerprint density at radius 2 is 1.74 bits per heavy atom. The molecular weight excluding hydrogens is 715 g/mol. The van der Waals surface area contributed by atoms with Crippen molar-refractivity contribution in [1.29, 1.82) is 0 Å². The number of aliphatic hydroxyl groups excluding tert-OH is 1. The Hall–Kier alpha value is -4.12. The second-order valence-electron chi connectivity index (χ2n) is 15.3. The lowest BCUT2D eigenvalue weighted by atomic mass is 9.64. The van der Waals surface area contributed by atoms with Crippen LogP contribution in [0.2, 0.25) is 0 Å². The molecular formula is C45H49NO6S2.